The number of hydrogen-bond donors (Lipinski definition) is 1. The minimum absolute atomic E-state index is 0.128. The van der Waals surface area contributed by atoms with Gasteiger partial charge in [0, 0.05) is 19.1 Å². The average Bonchev–Trinajstić information content (AvgIpc) is 2.14. The molecular weight excluding hydrogens is 204 g/mol. The molecule has 0 radical (unpaired) electrons. The van der Waals surface area contributed by atoms with Gasteiger partial charge in [0.25, 0.3) is 0 Å². The summed E-state index contributed by atoms with van der Waals surface area (Å²) < 4.78 is 5.39. The van der Waals surface area contributed by atoms with Crippen LogP contribution in [0.5, 0.6) is 0 Å². The second-order valence-corrected chi connectivity index (χ2v) is 5.60. The van der Waals surface area contributed by atoms with Gasteiger partial charge in [-0.3, -0.25) is 0 Å². The van der Waals surface area contributed by atoms with Crippen LogP contribution in [0, 0.1) is 5.92 Å². The van der Waals surface area contributed by atoms with Gasteiger partial charge >= 0.3 is 6.09 Å². The van der Waals surface area contributed by atoms with Gasteiger partial charge in [0.1, 0.15) is 5.60 Å². The minimum Gasteiger partial charge on any atom is -0.444 e. The fraction of sp³-hybridized carbons (Fsp3) is 0.917. The predicted molar refractivity (Wildman–Crippen MR) is 64.2 cm³/mol. The van der Waals surface area contributed by atoms with Crippen LogP contribution in [0.2, 0.25) is 0 Å². The summed E-state index contributed by atoms with van der Waals surface area (Å²) in [4.78, 5) is 13.8. The number of rotatable bonds is 1. The molecule has 0 aromatic heterocycles. The molecule has 1 heterocycles. The molecule has 4 nitrogen and oxygen atoms in total. The number of amides is 1. The molecule has 0 aromatic carbocycles. The maximum atomic E-state index is 12.0. The fourth-order valence-electron chi connectivity index (χ4n) is 2.16. The SMILES string of the molecule is C[C@H]1CCCN(C(=O)OC(C)(C)C)[C@@H]1CN. The maximum Gasteiger partial charge on any atom is 0.410 e. The lowest BCUT2D eigenvalue weighted by atomic mass is 9.91. The second kappa shape index (κ2) is 5.04. The Kier molecular flexibility index (Phi) is 4.19. The Morgan fingerprint density at radius 3 is 2.62 bits per heavy atom. The zero-order chi connectivity index (χ0) is 12.3. The highest BCUT2D eigenvalue weighted by molar-refractivity contribution is 5.68. The van der Waals surface area contributed by atoms with Crippen molar-refractivity contribution in [1.82, 2.24) is 4.90 Å². The zero-order valence-electron chi connectivity index (χ0n) is 10.8. The maximum absolute atomic E-state index is 12.0. The first-order valence-corrected chi connectivity index (χ1v) is 6.05. The summed E-state index contributed by atoms with van der Waals surface area (Å²) in [5, 5.41) is 0. The Bertz CT molecular complexity index is 248. The molecule has 0 spiro atoms. The number of hydrogen-bond acceptors (Lipinski definition) is 3. The van der Waals surface area contributed by atoms with Crippen molar-refractivity contribution >= 4 is 6.09 Å². The lowest BCUT2D eigenvalue weighted by molar-refractivity contribution is 0.00310. The quantitative estimate of drug-likeness (QED) is 0.746. The van der Waals surface area contributed by atoms with Gasteiger partial charge in [0.15, 0.2) is 0 Å². The van der Waals surface area contributed by atoms with E-state index in [1.807, 2.05) is 20.8 Å². The number of piperidine rings is 1. The van der Waals surface area contributed by atoms with Gasteiger partial charge in [-0.2, -0.15) is 0 Å². The van der Waals surface area contributed by atoms with Crippen molar-refractivity contribution in [3.8, 4) is 0 Å². The molecule has 4 heteroatoms. The summed E-state index contributed by atoms with van der Waals surface area (Å²) in [6.45, 7) is 9.08. The highest BCUT2D eigenvalue weighted by Gasteiger charge is 2.33. The van der Waals surface area contributed by atoms with Crippen molar-refractivity contribution in [3.05, 3.63) is 0 Å². The van der Waals surface area contributed by atoms with E-state index in [0.29, 0.717) is 12.5 Å². The smallest absolute Gasteiger partial charge is 0.410 e. The molecule has 1 rings (SSSR count). The van der Waals surface area contributed by atoms with Gasteiger partial charge in [-0.1, -0.05) is 6.92 Å². The molecule has 94 valence electrons. The summed E-state index contributed by atoms with van der Waals surface area (Å²) in [6, 6.07) is 0.128. The highest BCUT2D eigenvalue weighted by atomic mass is 16.6. The molecule has 0 unspecified atom stereocenters. The van der Waals surface area contributed by atoms with Crippen LogP contribution < -0.4 is 5.73 Å². The summed E-state index contributed by atoms with van der Waals surface area (Å²) >= 11 is 0. The first-order valence-electron chi connectivity index (χ1n) is 6.05. The summed E-state index contributed by atoms with van der Waals surface area (Å²) in [6.07, 6.45) is 1.95. The molecular formula is C12H24N2O2. The molecule has 0 bridgehead atoms. The number of nitrogens with zero attached hydrogens (tertiary/aromatic N) is 1. The second-order valence-electron chi connectivity index (χ2n) is 5.60. The Morgan fingerprint density at radius 1 is 1.50 bits per heavy atom. The number of ether oxygens (including phenoxy) is 1. The topological polar surface area (TPSA) is 55.6 Å². The number of carbonyl (C=O) groups is 1. The van der Waals surface area contributed by atoms with E-state index in [-0.39, 0.29) is 12.1 Å². The van der Waals surface area contributed by atoms with Crippen LogP contribution in [-0.4, -0.2) is 35.7 Å². The molecule has 1 aliphatic rings. The number of nitrogens with two attached hydrogens (primary N) is 1. The number of carbonyl (C=O) groups excluding carboxylic acids is 1. The highest BCUT2D eigenvalue weighted by Crippen LogP contribution is 2.24. The third-order valence-corrected chi connectivity index (χ3v) is 2.99. The van der Waals surface area contributed by atoms with Gasteiger partial charge in [-0.25, -0.2) is 4.79 Å². The lowest BCUT2D eigenvalue weighted by Crippen LogP contribution is -2.52. The normalized spacial score (nSPS) is 26.7. The lowest BCUT2D eigenvalue weighted by Gasteiger charge is -2.39. The van der Waals surface area contributed by atoms with Crippen LogP contribution in [0.1, 0.15) is 40.5 Å². The summed E-state index contributed by atoms with van der Waals surface area (Å²) in [5.74, 6) is 0.464. The summed E-state index contributed by atoms with van der Waals surface area (Å²) in [5.41, 5.74) is 5.30. The molecule has 1 fully saturated rings. The zero-order valence-corrected chi connectivity index (χ0v) is 10.8. The van der Waals surface area contributed by atoms with Crippen molar-refractivity contribution in [2.45, 2.75) is 52.2 Å². The predicted octanol–water partition coefficient (Wildman–Crippen LogP) is 1.98. The van der Waals surface area contributed by atoms with E-state index in [1.165, 1.54) is 0 Å². The van der Waals surface area contributed by atoms with Crippen LogP contribution in [0.25, 0.3) is 0 Å². The molecule has 0 aromatic rings. The molecule has 1 saturated heterocycles. The third-order valence-electron chi connectivity index (χ3n) is 2.99. The van der Waals surface area contributed by atoms with E-state index >= 15 is 0 Å². The fourth-order valence-corrected chi connectivity index (χ4v) is 2.16. The van der Waals surface area contributed by atoms with Crippen LogP contribution >= 0.6 is 0 Å². The van der Waals surface area contributed by atoms with Crippen LogP contribution in [0.4, 0.5) is 4.79 Å². The number of likely N-dealkylation sites (tertiary alicyclic amines) is 1. The monoisotopic (exact) mass is 228 g/mol. The molecule has 1 amide bonds. The molecule has 0 saturated carbocycles. The van der Waals surface area contributed by atoms with Gasteiger partial charge < -0.3 is 15.4 Å². The Hall–Kier alpha value is -0.770. The molecule has 1 aliphatic heterocycles. The molecule has 2 N–H and O–H groups in total. The first-order chi connectivity index (χ1) is 7.35. The van der Waals surface area contributed by atoms with Gasteiger partial charge in [-0.15, -0.1) is 0 Å². The van der Waals surface area contributed by atoms with Crippen LogP contribution in [0.15, 0.2) is 0 Å². The van der Waals surface area contributed by atoms with Crippen molar-refractivity contribution in [3.63, 3.8) is 0 Å². The third kappa shape index (κ3) is 3.37. The Balaban J connectivity index is 2.66. The van der Waals surface area contributed by atoms with Crippen LogP contribution in [0.3, 0.4) is 0 Å². The van der Waals surface area contributed by atoms with E-state index in [9.17, 15) is 4.79 Å². The van der Waals surface area contributed by atoms with E-state index in [0.717, 1.165) is 19.4 Å². The van der Waals surface area contributed by atoms with Gasteiger partial charge in [-0.05, 0) is 39.5 Å². The van der Waals surface area contributed by atoms with Crippen molar-refractivity contribution in [1.29, 1.82) is 0 Å². The van der Waals surface area contributed by atoms with E-state index in [4.69, 9.17) is 10.5 Å². The summed E-state index contributed by atoms with van der Waals surface area (Å²) in [7, 11) is 0. The van der Waals surface area contributed by atoms with Crippen molar-refractivity contribution < 1.29 is 9.53 Å². The van der Waals surface area contributed by atoms with E-state index in [2.05, 4.69) is 6.92 Å². The first kappa shape index (κ1) is 13.3. The molecule has 16 heavy (non-hydrogen) atoms. The molecule has 0 aliphatic carbocycles. The van der Waals surface area contributed by atoms with Crippen molar-refractivity contribution in [2.24, 2.45) is 11.7 Å². The van der Waals surface area contributed by atoms with Gasteiger partial charge in [0.05, 0.1) is 0 Å². The minimum atomic E-state index is -0.434. The largest absolute Gasteiger partial charge is 0.444 e. The van der Waals surface area contributed by atoms with E-state index < -0.39 is 5.60 Å². The van der Waals surface area contributed by atoms with Crippen LogP contribution in [-0.2, 0) is 4.74 Å². The van der Waals surface area contributed by atoms with Gasteiger partial charge in [0.2, 0.25) is 0 Å². The molecule has 2 atom stereocenters. The van der Waals surface area contributed by atoms with Crippen molar-refractivity contribution in [2.75, 3.05) is 13.1 Å². The Morgan fingerprint density at radius 2 is 2.12 bits per heavy atom. The standard InChI is InChI=1S/C12H24N2O2/c1-9-6-5-7-14(10(9)8-13)11(15)16-12(2,3)4/h9-10H,5-8,13H2,1-4H3/t9-,10+/m0/s1. The Labute approximate surface area is 98.1 Å². The average molecular weight is 228 g/mol. The van der Waals surface area contributed by atoms with E-state index in [1.54, 1.807) is 4.90 Å².